The smallest absolute Gasteiger partial charge is 0.262 e. The van der Waals surface area contributed by atoms with E-state index in [0.717, 1.165) is 17.0 Å². The molecule has 7 heteroatoms. The molecule has 0 fully saturated rings. The highest BCUT2D eigenvalue weighted by atomic mass is 32.2. The van der Waals surface area contributed by atoms with Crippen molar-refractivity contribution in [3.63, 3.8) is 0 Å². The minimum absolute atomic E-state index is 0.256. The molecule has 0 unspecified atom stereocenters. The predicted octanol–water partition coefficient (Wildman–Crippen LogP) is 4.25. The highest BCUT2D eigenvalue weighted by molar-refractivity contribution is 7.92. The van der Waals surface area contributed by atoms with Crippen LogP contribution in [0.1, 0.15) is 11.1 Å². The number of nitrogens with one attached hydrogen (secondary N) is 2. The van der Waals surface area contributed by atoms with Gasteiger partial charge >= 0.3 is 0 Å². The number of pyridine rings is 1. The number of aryl methyl sites for hydroxylation is 2. The van der Waals surface area contributed by atoms with E-state index >= 15 is 0 Å². The molecule has 0 bridgehead atoms. The molecule has 0 aliphatic heterocycles. The van der Waals surface area contributed by atoms with E-state index in [0.29, 0.717) is 17.1 Å². The van der Waals surface area contributed by atoms with Crippen molar-refractivity contribution < 1.29 is 13.2 Å². The van der Waals surface area contributed by atoms with Crippen LogP contribution >= 0.6 is 0 Å². The van der Waals surface area contributed by atoms with E-state index in [1.807, 2.05) is 37.3 Å². The summed E-state index contributed by atoms with van der Waals surface area (Å²) in [4.78, 5) is 4.52. The van der Waals surface area contributed by atoms with E-state index in [-0.39, 0.29) is 4.90 Å². The molecule has 0 spiro atoms. The minimum Gasteiger partial charge on any atom is -0.497 e. The lowest BCUT2D eigenvalue weighted by molar-refractivity contribution is 0.415. The topological polar surface area (TPSA) is 80.3 Å². The number of methoxy groups -OCH3 is 1. The molecule has 2 N–H and O–H groups in total. The van der Waals surface area contributed by atoms with Gasteiger partial charge in [0.2, 0.25) is 0 Å². The fourth-order valence-electron chi connectivity index (χ4n) is 2.69. The van der Waals surface area contributed by atoms with Gasteiger partial charge in [0.15, 0.2) is 0 Å². The van der Waals surface area contributed by atoms with Gasteiger partial charge in [-0.2, -0.15) is 0 Å². The number of ether oxygens (including phenoxy) is 1. The summed E-state index contributed by atoms with van der Waals surface area (Å²) in [6.07, 6.45) is 1.48. The molecule has 0 aliphatic carbocycles. The first-order valence-electron chi connectivity index (χ1n) is 8.34. The van der Waals surface area contributed by atoms with Gasteiger partial charge in [0.05, 0.1) is 23.9 Å². The molecule has 0 aliphatic rings. The maximum Gasteiger partial charge on any atom is 0.262 e. The van der Waals surface area contributed by atoms with E-state index in [1.54, 1.807) is 38.3 Å². The lowest BCUT2D eigenvalue weighted by atomic mass is 10.2. The van der Waals surface area contributed by atoms with Crippen molar-refractivity contribution in [2.45, 2.75) is 18.7 Å². The zero-order valence-corrected chi connectivity index (χ0v) is 16.2. The molecule has 0 atom stereocenters. The average Bonchev–Trinajstić information content (AvgIpc) is 2.63. The fraction of sp³-hybridized carbons (Fsp3) is 0.150. The molecule has 0 saturated heterocycles. The Morgan fingerprint density at radius 3 is 2.44 bits per heavy atom. The molecule has 0 radical (unpaired) electrons. The maximum absolute atomic E-state index is 12.6. The highest BCUT2D eigenvalue weighted by Gasteiger charge is 2.17. The lowest BCUT2D eigenvalue weighted by Gasteiger charge is -2.12. The van der Waals surface area contributed by atoms with Gasteiger partial charge in [0.25, 0.3) is 10.0 Å². The number of hydrogen-bond acceptors (Lipinski definition) is 5. The Balaban J connectivity index is 1.75. The second kappa shape index (κ2) is 7.67. The first-order chi connectivity index (χ1) is 12.9. The summed E-state index contributed by atoms with van der Waals surface area (Å²) < 4.78 is 33.0. The second-order valence-electron chi connectivity index (χ2n) is 6.16. The summed E-state index contributed by atoms with van der Waals surface area (Å²) in [6, 6.07) is 16.1. The Bertz CT molecular complexity index is 1050. The van der Waals surface area contributed by atoms with E-state index in [4.69, 9.17) is 4.74 Å². The molecule has 3 rings (SSSR count). The number of hydrogen-bond donors (Lipinski definition) is 2. The molecular weight excluding hydrogens is 362 g/mol. The van der Waals surface area contributed by atoms with E-state index in [2.05, 4.69) is 15.0 Å². The van der Waals surface area contributed by atoms with Crippen molar-refractivity contribution in [2.75, 3.05) is 17.1 Å². The van der Waals surface area contributed by atoms with Crippen LogP contribution in [0.4, 0.5) is 17.2 Å². The first-order valence-corrected chi connectivity index (χ1v) is 9.83. The van der Waals surface area contributed by atoms with E-state index in [1.165, 1.54) is 6.20 Å². The third-order valence-corrected chi connectivity index (χ3v) is 5.52. The van der Waals surface area contributed by atoms with Crippen LogP contribution in [-0.2, 0) is 10.0 Å². The summed E-state index contributed by atoms with van der Waals surface area (Å²) in [5.74, 6) is 1.33. The van der Waals surface area contributed by atoms with Gasteiger partial charge in [-0.05, 0) is 49.7 Å². The molecular formula is C20H21N3O3S. The van der Waals surface area contributed by atoms with Gasteiger partial charge in [-0.15, -0.1) is 0 Å². The number of nitrogens with zero attached hydrogens (tertiary/aromatic N) is 1. The van der Waals surface area contributed by atoms with Crippen LogP contribution in [0.2, 0.25) is 0 Å². The first kappa shape index (κ1) is 18.7. The maximum atomic E-state index is 12.6. The average molecular weight is 383 g/mol. The van der Waals surface area contributed by atoms with E-state index in [9.17, 15) is 8.42 Å². The summed E-state index contributed by atoms with van der Waals surface area (Å²) in [6.45, 7) is 3.70. The number of benzene rings is 2. The zero-order chi connectivity index (χ0) is 19.4. The van der Waals surface area contributed by atoms with Gasteiger partial charge in [-0.3, -0.25) is 4.72 Å². The Labute approximate surface area is 159 Å². The highest BCUT2D eigenvalue weighted by Crippen LogP contribution is 2.23. The van der Waals surface area contributed by atoms with Gasteiger partial charge in [-0.25, -0.2) is 13.4 Å². The molecule has 1 heterocycles. The van der Waals surface area contributed by atoms with Crippen LogP contribution in [0.5, 0.6) is 5.75 Å². The number of aromatic nitrogens is 1. The Hall–Kier alpha value is -3.06. The van der Waals surface area contributed by atoms with Crippen molar-refractivity contribution >= 4 is 27.2 Å². The Morgan fingerprint density at radius 2 is 1.78 bits per heavy atom. The van der Waals surface area contributed by atoms with Crippen LogP contribution in [0.25, 0.3) is 0 Å². The van der Waals surface area contributed by atoms with Crippen LogP contribution in [0.15, 0.2) is 65.7 Å². The standard InChI is InChI=1S/C20H21N3O3S/c1-14-7-9-19(15(2)11-14)27(24,25)23-17-8-10-20(21-13-17)22-16-5-4-6-18(12-16)26-3/h4-13,23H,1-3H3,(H,21,22). The molecule has 0 saturated carbocycles. The lowest BCUT2D eigenvalue weighted by Crippen LogP contribution is -2.14. The minimum atomic E-state index is -3.67. The quantitative estimate of drug-likeness (QED) is 0.665. The van der Waals surface area contributed by atoms with Crippen molar-refractivity contribution in [2.24, 2.45) is 0 Å². The Morgan fingerprint density at radius 1 is 0.963 bits per heavy atom. The van der Waals surface area contributed by atoms with Crippen LogP contribution in [0.3, 0.4) is 0 Å². The van der Waals surface area contributed by atoms with Crippen molar-refractivity contribution in [1.82, 2.24) is 4.98 Å². The monoisotopic (exact) mass is 383 g/mol. The number of sulfonamides is 1. The molecule has 1 aromatic heterocycles. The second-order valence-corrected chi connectivity index (χ2v) is 7.81. The molecule has 27 heavy (non-hydrogen) atoms. The SMILES string of the molecule is COc1cccc(Nc2ccc(NS(=O)(=O)c3ccc(C)cc3C)cn2)c1. The van der Waals surface area contributed by atoms with Crippen molar-refractivity contribution in [1.29, 1.82) is 0 Å². The number of anilines is 3. The normalized spacial score (nSPS) is 11.1. The van der Waals surface area contributed by atoms with Crippen LogP contribution < -0.4 is 14.8 Å². The molecule has 0 amide bonds. The van der Waals surface area contributed by atoms with Crippen LogP contribution in [-0.4, -0.2) is 20.5 Å². The summed E-state index contributed by atoms with van der Waals surface area (Å²) in [7, 11) is -2.06. The summed E-state index contributed by atoms with van der Waals surface area (Å²) in [5.41, 5.74) is 2.93. The third-order valence-electron chi connectivity index (χ3n) is 3.98. The largest absolute Gasteiger partial charge is 0.497 e. The fourth-order valence-corrected chi connectivity index (χ4v) is 3.96. The van der Waals surface area contributed by atoms with Crippen LogP contribution in [0, 0.1) is 13.8 Å². The van der Waals surface area contributed by atoms with Gasteiger partial charge in [0, 0.05) is 11.8 Å². The van der Waals surface area contributed by atoms with Gasteiger partial charge < -0.3 is 10.1 Å². The molecule has 140 valence electrons. The number of rotatable bonds is 6. The molecule has 2 aromatic carbocycles. The summed E-state index contributed by atoms with van der Waals surface area (Å²) >= 11 is 0. The molecule has 6 nitrogen and oxygen atoms in total. The zero-order valence-electron chi connectivity index (χ0n) is 15.4. The van der Waals surface area contributed by atoms with E-state index < -0.39 is 10.0 Å². The Kier molecular flexibility index (Phi) is 5.32. The third kappa shape index (κ3) is 4.57. The van der Waals surface area contributed by atoms with Crippen molar-refractivity contribution in [3.8, 4) is 5.75 Å². The molecule has 3 aromatic rings. The van der Waals surface area contributed by atoms with Crippen molar-refractivity contribution in [3.05, 3.63) is 71.9 Å². The van der Waals surface area contributed by atoms with Gasteiger partial charge in [-0.1, -0.05) is 23.8 Å². The van der Waals surface area contributed by atoms with Gasteiger partial charge in [0.1, 0.15) is 11.6 Å². The summed E-state index contributed by atoms with van der Waals surface area (Å²) in [5, 5.41) is 3.15. The predicted molar refractivity (Wildman–Crippen MR) is 107 cm³/mol.